The lowest BCUT2D eigenvalue weighted by Crippen LogP contribution is -2.09. The van der Waals surface area contributed by atoms with E-state index in [0.29, 0.717) is 12.4 Å². The Balaban J connectivity index is 1.48. The first-order valence-corrected chi connectivity index (χ1v) is 14.3. The molecule has 204 valence electrons. The second kappa shape index (κ2) is 16.0. The van der Waals surface area contributed by atoms with Crippen molar-refractivity contribution in [3.8, 4) is 22.6 Å². The lowest BCUT2D eigenvalue weighted by molar-refractivity contribution is 0.0734. The topological polar surface area (TPSA) is 35.5 Å². The number of rotatable bonds is 16. The van der Waals surface area contributed by atoms with Gasteiger partial charge in [-0.2, -0.15) is 0 Å². The molecule has 1 unspecified atom stereocenters. The third kappa shape index (κ3) is 9.63. The SMILES string of the molecule is CCCCCCCCOc1ccc(C(=O)Oc2ccc(-c3ccc(CCCC(C)CC)cc3)cc2)cc1F. The van der Waals surface area contributed by atoms with Crippen LogP contribution in [0, 0.1) is 11.7 Å². The molecule has 0 amide bonds. The first-order valence-electron chi connectivity index (χ1n) is 14.3. The molecule has 0 saturated carbocycles. The summed E-state index contributed by atoms with van der Waals surface area (Å²) in [6.07, 6.45) is 11.7. The average molecular weight is 519 g/mol. The van der Waals surface area contributed by atoms with Gasteiger partial charge in [0.25, 0.3) is 0 Å². The van der Waals surface area contributed by atoms with Crippen molar-refractivity contribution < 1.29 is 18.7 Å². The van der Waals surface area contributed by atoms with Gasteiger partial charge in [-0.25, -0.2) is 9.18 Å². The van der Waals surface area contributed by atoms with E-state index >= 15 is 0 Å². The normalized spacial score (nSPS) is 11.8. The van der Waals surface area contributed by atoms with Gasteiger partial charge in [-0.1, -0.05) is 102 Å². The molecule has 3 nitrogen and oxygen atoms in total. The molecule has 0 spiro atoms. The van der Waals surface area contributed by atoms with Crippen LogP contribution in [0.15, 0.2) is 66.7 Å². The fourth-order valence-electron chi connectivity index (χ4n) is 4.41. The highest BCUT2D eigenvalue weighted by atomic mass is 19.1. The summed E-state index contributed by atoms with van der Waals surface area (Å²) in [5.74, 6) is 0.226. The number of esters is 1. The molecular weight excluding hydrogens is 475 g/mol. The van der Waals surface area contributed by atoms with Crippen LogP contribution in [0.2, 0.25) is 0 Å². The van der Waals surface area contributed by atoms with Gasteiger partial charge in [0.15, 0.2) is 11.6 Å². The summed E-state index contributed by atoms with van der Waals surface area (Å²) in [7, 11) is 0. The largest absolute Gasteiger partial charge is 0.491 e. The van der Waals surface area contributed by atoms with Crippen molar-refractivity contribution in [2.75, 3.05) is 6.61 Å². The van der Waals surface area contributed by atoms with Gasteiger partial charge in [0.1, 0.15) is 5.75 Å². The summed E-state index contributed by atoms with van der Waals surface area (Å²) in [5, 5.41) is 0. The van der Waals surface area contributed by atoms with E-state index in [1.165, 1.54) is 62.6 Å². The Labute approximate surface area is 228 Å². The number of carbonyl (C=O) groups excluding carboxylic acids is 1. The number of benzene rings is 3. The van der Waals surface area contributed by atoms with Crippen molar-refractivity contribution in [3.05, 3.63) is 83.7 Å². The minimum Gasteiger partial charge on any atom is -0.491 e. The molecule has 4 heteroatoms. The molecule has 0 aliphatic heterocycles. The Kier molecular flexibility index (Phi) is 12.4. The number of ether oxygens (including phenoxy) is 2. The number of aryl methyl sites for hydroxylation is 1. The quantitative estimate of drug-likeness (QED) is 0.108. The number of halogens is 1. The summed E-state index contributed by atoms with van der Waals surface area (Å²) >= 11 is 0. The molecule has 3 aromatic rings. The van der Waals surface area contributed by atoms with Gasteiger partial charge in [-0.05, 0) is 72.2 Å². The highest BCUT2D eigenvalue weighted by molar-refractivity contribution is 5.91. The van der Waals surface area contributed by atoms with Gasteiger partial charge >= 0.3 is 5.97 Å². The molecule has 0 aliphatic rings. The minimum absolute atomic E-state index is 0.155. The molecule has 0 aliphatic carbocycles. The highest BCUT2D eigenvalue weighted by Crippen LogP contribution is 2.25. The predicted molar refractivity (Wildman–Crippen MR) is 155 cm³/mol. The summed E-state index contributed by atoms with van der Waals surface area (Å²) in [5.41, 5.74) is 3.68. The number of hydrogen-bond donors (Lipinski definition) is 0. The van der Waals surface area contributed by atoms with Crippen molar-refractivity contribution >= 4 is 5.97 Å². The number of carbonyl (C=O) groups is 1. The molecule has 0 aromatic heterocycles. The number of unbranched alkanes of at least 4 members (excludes halogenated alkanes) is 5. The lowest BCUT2D eigenvalue weighted by Gasteiger charge is -2.10. The maximum Gasteiger partial charge on any atom is 0.343 e. The second-order valence-corrected chi connectivity index (χ2v) is 10.3. The van der Waals surface area contributed by atoms with Crippen LogP contribution in [0.4, 0.5) is 4.39 Å². The van der Waals surface area contributed by atoms with Crippen molar-refractivity contribution in [3.63, 3.8) is 0 Å². The van der Waals surface area contributed by atoms with Crippen LogP contribution in [0.25, 0.3) is 11.1 Å². The molecule has 0 bridgehead atoms. The average Bonchev–Trinajstić information content (AvgIpc) is 2.94. The molecule has 3 aromatic carbocycles. The van der Waals surface area contributed by atoms with Crippen molar-refractivity contribution in [1.82, 2.24) is 0 Å². The van der Waals surface area contributed by atoms with E-state index in [9.17, 15) is 9.18 Å². The van der Waals surface area contributed by atoms with Crippen molar-refractivity contribution in [1.29, 1.82) is 0 Å². The van der Waals surface area contributed by atoms with E-state index in [2.05, 4.69) is 45.0 Å². The molecule has 0 heterocycles. The van der Waals surface area contributed by atoms with Crippen LogP contribution in [0.1, 0.15) is 94.5 Å². The fraction of sp³-hybridized carbons (Fsp3) is 0.441. The van der Waals surface area contributed by atoms with Crippen LogP contribution in [-0.4, -0.2) is 12.6 Å². The van der Waals surface area contributed by atoms with Gasteiger partial charge in [0.2, 0.25) is 0 Å². The first kappa shape index (κ1) is 29.4. The molecule has 0 fully saturated rings. The molecule has 0 N–H and O–H groups in total. The van der Waals surface area contributed by atoms with Gasteiger partial charge in [0, 0.05) is 0 Å². The summed E-state index contributed by atoms with van der Waals surface area (Å²) in [4.78, 5) is 12.6. The van der Waals surface area contributed by atoms with Gasteiger partial charge in [0.05, 0.1) is 12.2 Å². The monoisotopic (exact) mass is 518 g/mol. The van der Waals surface area contributed by atoms with Crippen LogP contribution in [0.3, 0.4) is 0 Å². The Morgan fingerprint density at radius 3 is 2.13 bits per heavy atom. The van der Waals surface area contributed by atoms with Crippen molar-refractivity contribution in [2.45, 2.75) is 85.0 Å². The Bertz CT molecular complexity index is 1110. The van der Waals surface area contributed by atoms with Gasteiger partial charge in [-0.15, -0.1) is 0 Å². The third-order valence-electron chi connectivity index (χ3n) is 7.13. The standard InChI is InChI=1S/C34H43FO3/c1-4-6-7-8-9-10-24-37-33-23-20-30(25-32(33)35)34(36)38-31-21-18-29(19-22-31)28-16-14-27(15-17-28)13-11-12-26(3)5-2/h14-23,25-26H,4-13,24H2,1-3H3. The zero-order valence-corrected chi connectivity index (χ0v) is 23.3. The van der Waals surface area contributed by atoms with Crippen molar-refractivity contribution in [2.24, 2.45) is 5.92 Å². The van der Waals surface area contributed by atoms with Crippen LogP contribution in [-0.2, 0) is 6.42 Å². The van der Waals surface area contributed by atoms with E-state index in [1.807, 2.05) is 12.1 Å². The summed E-state index contributed by atoms with van der Waals surface area (Å²) in [6.45, 7) is 7.22. The molecule has 1 atom stereocenters. The van der Waals surface area contributed by atoms with E-state index in [-0.39, 0.29) is 11.3 Å². The van der Waals surface area contributed by atoms with E-state index in [0.717, 1.165) is 36.3 Å². The van der Waals surface area contributed by atoms with Crippen LogP contribution < -0.4 is 9.47 Å². The highest BCUT2D eigenvalue weighted by Gasteiger charge is 2.13. The molecule has 0 saturated heterocycles. The zero-order valence-electron chi connectivity index (χ0n) is 23.3. The molecular formula is C34H43FO3. The second-order valence-electron chi connectivity index (χ2n) is 10.3. The van der Waals surface area contributed by atoms with E-state index in [4.69, 9.17) is 9.47 Å². The van der Waals surface area contributed by atoms with Gasteiger partial charge < -0.3 is 9.47 Å². The summed E-state index contributed by atoms with van der Waals surface area (Å²) < 4.78 is 25.5. The zero-order chi connectivity index (χ0) is 27.2. The van der Waals surface area contributed by atoms with Crippen LogP contribution in [0.5, 0.6) is 11.5 Å². The maximum absolute atomic E-state index is 14.5. The Morgan fingerprint density at radius 1 is 0.816 bits per heavy atom. The predicted octanol–water partition coefficient (Wildman–Crippen LogP) is 9.82. The fourth-order valence-corrected chi connectivity index (χ4v) is 4.41. The third-order valence-corrected chi connectivity index (χ3v) is 7.13. The van der Waals surface area contributed by atoms with E-state index < -0.39 is 11.8 Å². The molecule has 0 radical (unpaired) electrons. The molecule has 3 rings (SSSR count). The Morgan fingerprint density at radius 2 is 1.47 bits per heavy atom. The number of hydrogen-bond acceptors (Lipinski definition) is 3. The smallest absolute Gasteiger partial charge is 0.343 e. The maximum atomic E-state index is 14.5. The summed E-state index contributed by atoms with van der Waals surface area (Å²) in [6, 6.07) is 20.3. The minimum atomic E-state index is -0.596. The van der Waals surface area contributed by atoms with Crippen LogP contribution >= 0.6 is 0 Å². The lowest BCUT2D eigenvalue weighted by atomic mass is 9.98. The first-order chi connectivity index (χ1) is 18.5. The molecule has 38 heavy (non-hydrogen) atoms. The van der Waals surface area contributed by atoms with Gasteiger partial charge in [-0.3, -0.25) is 0 Å². The Hall–Kier alpha value is -3.14. The van der Waals surface area contributed by atoms with E-state index in [1.54, 1.807) is 18.2 Å².